The highest BCUT2D eigenvalue weighted by Gasteiger charge is 2.29. The number of thioether (sulfide) groups is 2. The van der Waals surface area contributed by atoms with Crippen LogP contribution in [0.3, 0.4) is 0 Å². The van der Waals surface area contributed by atoms with Crippen molar-refractivity contribution in [1.29, 1.82) is 0 Å². The second-order valence-corrected chi connectivity index (χ2v) is 20.8. The van der Waals surface area contributed by atoms with E-state index in [1.807, 2.05) is 0 Å². The van der Waals surface area contributed by atoms with Gasteiger partial charge in [0.05, 0.1) is 12.4 Å². The molecule has 0 saturated carbocycles. The molecule has 4 amide bonds. The molecule has 2 aromatic heterocycles. The fourth-order valence-corrected chi connectivity index (χ4v) is 13.9. The zero-order chi connectivity index (χ0) is 38.6. The minimum absolute atomic E-state index is 0.357. The molecule has 296 valence electrons. The maximum atomic E-state index is 13.1. The molecule has 2 aliphatic heterocycles. The molecule has 18 heteroatoms. The summed E-state index contributed by atoms with van der Waals surface area (Å²) in [6.07, 6.45) is 17.5. The summed E-state index contributed by atoms with van der Waals surface area (Å²) in [5.41, 5.74) is 11.9. The molecule has 56 heavy (non-hydrogen) atoms. The summed E-state index contributed by atoms with van der Waals surface area (Å²) in [5, 5.41) is 28.0. The summed E-state index contributed by atoms with van der Waals surface area (Å²) < 4.78 is 37.5. The van der Waals surface area contributed by atoms with Crippen molar-refractivity contribution in [3.8, 4) is 0 Å². The third kappa shape index (κ3) is 7.21. The minimum Gasteiger partial charge on any atom is -0.305 e. The van der Waals surface area contributed by atoms with E-state index in [4.69, 9.17) is 10.3 Å². The number of fused-ring (bicyclic) bond motifs is 6. The lowest BCUT2D eigenvalue weighted by Gasteiger charge is -2.16. The number of nitrogens with one attached hydrogen (secondary N) is 2. The van der Waals surface area contributed by atoms with Crippen molar-refractivity contribution in [2.45, 2.75) is 123 Å². The van der Waals surface area contributed by atoms with Crippen LogP contribution in [0.25, 0.3) is 0 Å². The molecule has 0 saturated heterocycles. The average molecular weight is 835 g/mol. The Morgan fingerprint density at radius 2 is 0.946 bits per heavy atom. The van der Waals surface area contributed by atoms with Gasteiger partial charge in [-0.3, -0.25) is 9.36 Å². The van der Waals surface area contributed by atoms with Gasteiger partial charge in [-0.25, -0.2) is 28.3 Å². The maximum Gasteiger partial charge on any atom is 0.354 e. The molecule has 0 spiro atoms. The number of nitrogens with zero attached hydrogens (tertiary/aromatic N) is 6. The fourth-order valence-electron chi connectivity index (χ4n) is 9.03. The maximum absolute atomic E-state index is 13.1. The monoisotopic (exact) mass is 834 g/mol. The van der Waals surface area contributed by atoms with Crippen molar-refractivity contribution >= 4 is 66.8 Å². The van der Waals surface area contributed by atoms with Crippen LogP contribution in [0.4, 0.5) is 21.0 Å². The van der Waals surface area contributed by atoms with Crippen molar-refractivity contribution in [1.82, 2.24) is 19.6 Å². The molecule has 4 aliphatic carbocycles. The van der Waals surface area contributed by atoms with E-state index in [1.54, 1.807) is 32.9 Å². The van der Waals surface area contributed by atoms with Gasteiger partial charge in [-0.1, -0.05) is 12.1 Å². The van der Waals surface area contributed by atoms with Crippen LogP contribution >= 0.6 is 23.5 Å². The number of aryl methyl sites for hydroxylation is 6. The summed E-state index contributed by atoms with van der Waals surface area (Å²) in [4.78, 5) is 26.2. The number of amides is 4. The third-order valence-corrected chi connectivity index (χ3v) is 16.9. The smallest absolute Gasteiger partial charge is 0.305 e. The predicted molar refractivity (Wildman–Crippen MR) is 220 cm³/mol. The number of aromatic nitrogens is 4. The molecular weight excluding hydrogens is 789 g/mol. The summed E-state index contributed by atoms with van der Waals surface area (Å²) in [7, 11) is -6.69. The Bertz CT molecular complexity index is 2310. The molecule has 2 unspecified atom stereocenters. The number of hydrogen-bond acceptors (Lipinski definition) is 8. The lowest BCUT2D eigenvalue weighted by molar-refractivity contribution is 0.259. The van der Waals surface area contributed by atoms with E-state index >= 15 is 0 Å². The largest absolute Gasteiger partial charge is 0.354 e. The van der Waals surface area contributed by atoms with Gasteiger partial charge in [0.2, 0.25) is 0 Å². The Morgan fingerprint density at radius 3 is 1.30 bits per heavy atom. The van der Waals surface area contributed by atoms with Gasteiger partial charge in [0, 0.05) is 36.0 Å². The van der Waals surface area contributed by atoms with Crippen LogP contribution in [-0.2, 0) is 84.3 Å². The lowest BCUT2D eigenvalue weighted by atomic mass is 9.99. The third-order valence-electron chi connectivity index (χ3n) is 11.5. The van der Waals surface area contributed by atoms with E-state index in [2.05, 4.69) is 41.7 Å². The van der Waals surface area contributed by atoms with Crippen LogP contribution in [0.2, 0.25) is 0 Å². The summed E-state index contributed by atoms with van der Waals surface area (Å²) >= 11 is 3.12. The van der Waals surface area contributed by atoms with Crippen LogP contribution in [0, 0.1) is 0 Å². The first-order chi connectivity index (χ1) is 27.1. The number of hydrogen-bond donors (Lipinski definition) is 4. The van der Waals surface area contributed by atoms with Gasteiger partial charge in [0.15, 0.2) is 0 Å². The zero-order valence-electron chi connectivity index (χ0n) is 31.1. The number of benzene rings is 2. The normalized spacial score (nSPS) is 19.5. The van der Waals surface area contributed by atoms with Gasteiger partial charge in [0.1, 0.15) is 39.7 Å². The lowest BCUT2D eigenvalue weighted by Crippen LogP contribution is -2.20. The van der Waals surface area contributed by atoms with Gasteiger partial charge >= 0.3 is 12.1 Å². The number of anilines is 2. The SMILES string of the molecule is NS(=O)(=NC(=O)Nc1c2c(cc3c1CCC3)CCC2)c1cnn2c1SCCC2.NS(=O)(=NC(=O)Nc1c2c(cc3c1CCC3)CCC2)c1cnn2c1SCCC2. The van der Waals surface area contributed by atoms with Crippen LogP contribution in [0.15, 0.2) is 53.1 Å². The summed E-state index contributed by atoms with van der Waals surface area (Å²) in [6.45, 7) is 1.54. The van der Waals surface area contributed by atoms with Crippen LogP contribution in [0.5, 0.6) is 0 Å². The molecule has 6 N–H and O–H groups in total. The van der Waals surface area contributed by atoms with E-state index in [0.717, 1.165) is 136 Å². The number of urea groups is 2. The predicted octanol–water partition coefficient (Wildman–Crippen LogP) is 6.58. The molecule has 2 atom stereocenters. The fraction of sp³-hybridized carbons (Fsp3) is 0.474. The van der Waals surface area contributed by atoms with Crippen LogP contribution in [-0.4, -0.2) is 51.5 Å². The first-order valence-corrected chi connectivity index (χ1v) is 24.6. The van der Waals surface area contributed by atoms with E-state index in [9.17, 15) is 18.0 Å². The standard InChI is InChI=1S/2C19H23N5O2S2/c2*20-28(26,16-11-21-24-8-3-9-27-18(16)24)23-19(25)22-17-14-6-1-4-12(14)10-13-5-2-7-15(13)17/h2*10-11H,1-9H2,(H3,20,22,23,25,26). The Balaban J connectivity index is 0.000000146. The van der Waals surface area contributed by atoms with Crippen LogP contribution in [0.1, 0.15) is 83.0 Å². The average Bonchev–Trinajstić information content (AvgIpc) is 4.02. The van der Waals surface area contributed by atoms with Gasteiger partial charge in [0.25, 0.3) is 0 Å². The first kappa shape index (κ1) is 37.9. The Kier molecular flexibility index (Phi) is 10.3. The molecule has 0 bridgehead atoms. The number of nitrogens with two attached hydrogens (primary N) is 2. The Hall–Kier alpha value is -3.68. The molecule has 6 aliphatic rings. The van der Waals surface area contributed by atoms with Gasteiger partial charge < -0.3 is 10.6 Å². The van der Waals surface area contributed by atoms with Gasteiger partial charge in [-0.2, -0.15) is 10.2 Å². The second kappa shape index (κ2) is 15.2. The van der Waals surface area contributed by atoms with Crippen LogP contribution < -0.4 is 20.9 Å². The molecule has 10 rings (SSSR count). The first-order valence-electron chi connectivity index (χ1n) is 19.5. The van der Waals surface area contributed by atoms with E-state index in [0.29, 0.717) is 9.79 Å². The summed E-state index contributed by atoms with van der Waals surface area (Å²) in [6, 6.07) is 3.34. The van der Waals surface area contributed by atoms with Gasteiger partial charge in [-0.05, 0) is 134 Å². The summed E-state index contributed by atoms with van der Waals surface area (Å²) in [5.74, 6) is 1.84. The molecule has 0 fully saturated rings. The highest BCUT2D eigenvalue weighted by Crippen LogP contribution is 2.40. The molecule has 14 nitrogen and oxygen atoms in total. The van der Waals surface area contributed by atoms with Crippen molar-refractivity contribution in [2.24, 2.45) is 19.0 Å². The molecular formula is C38H46N10O4S4. The molecule has 0 radical (unpaired) electrons. The van der Waals surface area contributed by atoms with Crippen molar-refractivity contribution in [2.75, 3.05) is 22.1 Å². The van der Waals surface area contributed by atoms with E-state index in [-0.39, 0.29) is 0 Å². The number of carbonyl (C=O) groups excluding carboxylic acids is 2. The minimum atomic E-state index is -3.35. The van der Waals surface area contributed by atoms with Crippen molar-refractivity contribution in [3.05, 3.63) is 69.0 Å². The van der Waals surface area contributed by atoms with E-state index in [1.165, 1.54) is 56.9 Å². The molecule has 4 heterocycles. The van der Waals surface area contributed by atoms with Gasteiger partial charge in [-0.15, -0.1) is 32.2 Å². The van der Waals surface area contributed by atoms with Crippen molar-refractivity contribution in [3.63, 3.8) is 0 Å². The van der Waals surface area contributed by atoms with Crippen molar-refractivity contribution < 1.29 is 18.0 Å². The number of carbonyl (C=O) groups is 2. The highest BCUT2D eigenvalue weighted by molar-refractivity contribution is 8.00. The zero-order valence-corrected chi connectivity index (χ0v) is 34.4. The Labute approximate surface area is 335 Å². The quantitative estimate of drug-likeness (QED) is 0.176. The van der Waals surface area contributed by atoms with E-state index < -0.39 is 31.9 Å². The molecule has 4 aromatic rings. The topological polar surface area (TPSA) is 205 Å². The molecule has 2 aromatic carbocycles. The Morgan fingerprint density at radius 1 is 0.589 bits per heavy atom. The second-order valence-electron chi connectivity index (χ2n) is 15.1. The highest BCUT2D eigenvalue weighted by atomic mass is 32.2. The number of rotatable bonds is 4.